The van der Waals surface area contributed by atoms with Crippen LogP contribution in [0.2, 0.25) is 0 Å². The molecule has 1 aliphatic rings. The average Bonchev–Trinajstić information content (AvgIpc) is 3.10. The Labute approximate surface area is 181 Å². The molecule has 2 heterocycles. The van der Waals surface area contributed by atoms with Gasteiger partial charge >= 0.3 is 0 Å². The normalized spacial score (nSPS) is 20.3. The number of aromatic nitrogens is 1. The summed E-state index contributed by atoms with van der Waals surface area (Å²) in [5.74, 6) is 0.597. The van der Waals surface area contributed by atoms with Crippen molar-refractivity contribution >= 4 is 41.3 Å². The summed E-state index contributed by atoms with van der Waals surface area (Å²) in [7, 11) is 1.79. The minimum Gasteiger partial charge on any atom is -0.367 e. The van der Waals surface area contributed by atoms with Gasteiger partial charge in [0.05, 0.1) is 29.9 Å². The van der Waals surface area contributed by atoms with Crippen molar-refractivity contribution in [1.29, 1.82) is 0 Å². The van der Waals surface area contributed by atoms with Crippen molar-refractivity contribution in [1.82, 2.24) is 15.2 Å². The molecule has 1 aromatic carbocycles. The summed E-state index contributed by atoms with van der Waals surface area (Å²) in [5, 5.41) is 6.63. The Kier molecular flexibility index (Phi) is 8.43. The van der Waals surface area contributed by atoms with E-state index in [1.54, 1.807) is 30.5 Å². The van der Waals surface area contributed by atoms with E-state index in [2.05, 4.69) is 32.5 Å². The standard InChI is InChI=1S/C19H25FN4OS.HI/c1-4-18-23-16(12-26-18)9-22-19(21-3)24-10-13(2)25-17(11-24)14-5-7-15(20)8-6-14;/h5-8,12-13,17H,4,9-11H2,1-3H3,(H,21,22);1H. The second-order valence-electron chi connectivity index (χ2n) is 6.38. The molecular formula is C19H26FIN4OS. The van der Waals surface area contributed by atoms with Gasteiger partial charge in [-0.15, -0.1) is 35.3 Å². The maximum atomic E-state index is 13.2. The van der Waals surface area contributed by atoms with Gasteiger partial charge in [-0.05, 0) is 31.0 Å². The third kappa shape index (κ3) is 5.86. The average molecular weight is 504 g/mol. The third-order valence-corrected chi connectivity index (χ3v) is 5.38. The zero-order valence-electron chi connectivity index (χ0n) is 15.8. The van der Waals surface area contributed by atoms with Gasteiger partial charge in [0.1, 0.15) is 11.9 Å². The summed E-state index contributed by atoms with van der Waals surface area (Å²) in [6, 6.07) is 6.52. The number of nitrogens with one attached hydrogen (secondary N) is 1. The fourth-order valence-corrected chi connectivity index (χ4v) is 3.83. The Balaban J connectivity index is 0.00000261. The van der Waals surface area contributed by atoms with E-state index in [1.807, 2.05) is 6.92 Å². The largest absolute Gasteiger partial charge is 0.367 e. The van der Waals surface area contributed by atoms with Gasteiger partial charge in [0.25, 0.3) is 0 Å². The number of hydrogen-bond acceptors (Lipinski definition) is 4. The molecule has 0 radical (unpaired) electrons. The van der Waals surface area contributed by atoms with Crippen molar-refractivity contribution in [3.63, 3.8) is 0 Å². The van der Waals surface area contributed by atoms with Gasteiger partial charge in [-0.2, -0.15) is 0 Å². The van der Waals surface area contributed by atoms with Gasteiger partial charge < -0.3 is 15.0 Å². The van der Waals surface area contributed by atoms with E-state index in [1.165, 1.54) is 12.1 Å². The van der Waals surface area contributed by atoms with E-state index < -0.39 is 0 Å². The quantitative estimate of drug-likeness (QED) is 0.389. The number of ether oxygens (including phenoxy) is 1. The number of thiazole rings is 1. The van der Waals surface area contributed by atoms with Crippen LogP contribution < -0.4 is 5.32 Å². The topological polar surface area (TPSA) is 49.8 Å². The lowest BCUT2D eigenvalue weighted by Crippen LogP contribution is -2.50. The number of nitrogens with zero attached hydrogens (tertiary/aromatic N) is 3. The molecule has 1 fully saturated rings. The van der Waals surface area contributed by atoms with E-state index in [-0.39, 0.29) is 42.0 Å². The van der Waals surface area contributed by atoms with E-state index in [4.69, 9.17) is 4.74 Å². The Morgan fingerprint density at radius 3 is 2.74 bits per heavy atom. The van der Waals surface area contributed by atoms with Gasteiger partial charge in [-0.25, -0.2) is 9.37 Å². The Hall–Kier alpha value is -1.26. The minimum atomic E-state index is -0.235. The summed E-state index contributed by atoms with van der Waals surface area (Å²) < 4.78 is 19.3. The zero-order chi connectivity index (χ0) is 18.5. The number of aryl methyl sites for hydroxylation is 1. The van der Waals surface area contributed by atoms with Crippen molar-refractivity contribution < 1.29 is 9.13 Å². The highest BCUT2D eigenvalue weighted by Crippen LogP contribution is 2.25. The van der Waals surface area contributed by atoms with Crippen LogP contribution in [-0.4, -0.2) is 42.1 Å². The lowest BCUT2D eigenvalue weighted by atomic mass is 10.1. The second kappa shape index (κ2) is 10.3. The molecule has 1 aromatic heterocycles. The van der Waals surface area contributed by atoms with Gasteiger partial charge in [0.2, 0.25) is 0 Å². The highest BCUT2D eigenvalue weighted by Gasteiger charge is 2.28. The molecule has 0 amide bonds. The highest BCUT2D eigenvalue weighted by molar-refractivity contribution is 14.0. The van der Waals surface area contributed by atoms with Crippen LogP contribution in [0.25, 0.3) is 0 Å². The Morgan fingerprint density at radius 1 is 1.37 bits per heavy atom. The van der Waals surface area contributed by atoms with E-state index in [9.17, 15) is 4.39 Å². The second-order valence-corrected chi connectivity index (χ2v) is 7.32. The molecule has 2 aromatic rings. The first kappa shape index (κ1) is 22.0. The summed E-state index contributed by atoms with van der Waals surface area (Å²) in [4.78, 5) is 11.2. The molecular weight excluding hydrogens is 478 g/mol. The van der Waals surface area contributed by atoms with Crippen LogP contribution in [0.15, 0.2) is 34.6 Å². The van der Waals surface area contributed by atoms with Gasteiger partial charge in [0.15, 0.2) is 5.96 Å². The maximum absolute atomic E-state index is 13.2. The fraction of sp³-hybridized carbons (Fsp3) is 0.474. The Bertz CT molecular complexity index is 752. The van der Waals surface area contributed by atoms with E-state index >= 15 is 0 Å². The summed E-state index contributed by atoms with van der Waals surface area (Å²) in [6.45, 7) is 6.24. The number of halogens is 2. The molecule has 27 heavy (non-hydrogen) atoms. The van der Waals surface area contributed by atoms with Crippen LogP contribution in [-0.2, 0) is 17.7 Å². The van der Waals surface area contributed by atoms with Crippen molar-refractivity contribution in [3.05, 3.63) is 51.7 Å². The molecule has 3 rings (SSSR count). The van der Waals surface area contributed by atoms with E-state index in [0.29, 0.717) is 13.1 Å². The molecule has 0 bridgehead atoms. The summed E-state index contributed by atoms with van der Waals surface area (Å²) >= 11 is 1.69. The Morgan fingerprint density at radius 2 is 2.11 bits per heavy atom. The smallest absolute Gasteiger partial charge is 0.194 e. The van der Waals surface area contributed by atoms with Crippen molar-refractivity contribution in [3.8, 4) is 0 Å². The van der Waals surface area contributed by atoms with Crippen molar-refractivity contribution in [2.24, 2.45) is 4.99 Å². The number of morpholine rings is 1. The summed E-state index contributed by atoms with van der Waals surface area (Å²) in [5.41, 5.74) is 2.01. The molecule has 8 heteroatoms. The van der Waals surface area contributed by atoms with Crippen molar-refractivity contribution in [2.75, 3.05) is 20.1 Å². The molecule has 0 aliphatic carbocycles. The molecule has 148 valence electrons. The minimum absolute atomic E-state index is 0. The van der Waals surface area contributed by atoms with Crippen LogP contribution in [0.4, 0.5) is 4.39 Å². The van der Waals surface area contributed by atoms with Crippen LogP contribution >= 0.6 is 35.3 Å². The SMILES string of the molecule is CCc1nc(CNC(=NC)N2CC(C)OC(c3ccc(F)cc3)C2)cs1.I. The zero-order valence-corrected chi connectivity index (χ0v) is 19.0. The number of hydrogen-bond donors (Lipinski definition) is 1. The fourth-order valence-electron chi connectivity index (χ4n) is 3.08. The molecule has 2 unspecified atom stereocenters. The first-order valence-electron chi connectivity index (χ1n) is 8.88. The van der Waals surface area contributed by atoms with Crippen LogP contribution in [0.5, 0.6) is 0 Å². The molecule has 1 aliphatic heterocycles. The number of guanidine groups is 1. The molecule has 0 saturated carbocycles. The summed E-state index contributed by atoms with van der Waals surface area (Å²) in [6.07, 6.45) is 0.909. The van der Waals surface area contributed by atoms with E-state index in [0.717, 1.165) is 35.2 Å². The third-order valence-electron chi connectivity index (χ3n) is 4.34. The lowest BCUT2D eigenvalue weighted by molar-refractivity contribution is -0.0605. The highest BCUT2D eigenvalue weighted by atomic mass is 127. The van der Waals surface area contributed by atoms with Crippen molar-refractivity contribution in [2.45, 2.75) is 39.0 Å². The van der Waals surface area contributed by atoms with Gasteiger partial charge in [-0.1, -0.05) is 19.1 Å². The molecule has 0 spiro atoms. The molecule has 5 nitrogen and oxygen atoms in total. The molecule has 1 saturated heterocycles. The lowest BCUT2D eigenvalue weighted by Gasteiger charge is -2.38. The molecule has 1 N–H and O–H groups in total. The van der Waals surface area contributed by atoms with Gasteiger partial charge in [-0.3, -0.25) is 4.99 Å². The predicted octanol–water partition coefficient (Wildman–Crippen LogP) is 4.00. The number of benzene rings is 1. The maximum Gasteiger partial charge on any atom is 0.194 e. The predicted molar refractivity (Wildman–Crippen MR) is 118 cm³/mol. The van der Waals surface area contributed by atoms with Gasteiger partial charge in [0, 0.05) is 19.0 Å². The molecule has 2 atom stereocenters. The number of aliphatic imine (C=N–C) groups is 1. The van der Waals surface area contributed by atoms with Crippen LogP contribution in [0, 0.1) is 5.82 Å². The van der Waals surface area contributed by atoms with Crippen LogP contribution in [0.3, 0.4) is 0 Å². The number of rotatable bonds is 4. The van der Waals surface area contributed by atoms with Crippen LogP contribution in [0.1, 0.15) is 36.2 Å². The first-order valence-corrected chi connectivity index (χ1v) is 9.76. The first-order chi connectivity index (χ1) is 12.6. The monoisotopic (exact) mass is 504 g/mol.